The third kappa shape index (κ3) is 4.12. The van der Waals surface area contributed by atoms with Gasteiger partial charge in [0.2, 0.25) is 0 Å². The number of hydrogen-bond donors (Lipinski definition) is 1. The number of nitrogens with zero attached hydrogens (tertiary/aromatic N) is 3. The van der Waals surface area contributed by atoms with E-state index in [9.17, 15) is 8.78 Å². The van der Waals surface area contributed by atoms with Crippen LogP contribution in [0.15, 0.2) is 24.3 Å². The Hall–Kier alpha value is -2.23. The van der Waals surface area contributed by atoms with Gasteiger partial charge < -0.3 is 9.88 Å². The van der Waals surface area contributed by atoms with Crippen LogP contribution < -0.4 is 5.32 Å². The minimum atomic E-state index is -0.799. The third-order valence-electron chi connectivity index (χ3n) is 5.31. The van der Waals surface area contributed by atoms with E-state index in [4.69, 9.17) is 5.26 Å². The predicted octanol–water partition coefficient (Wildman–Crippen LogP) is 3.24. The third-order valence-corrected chi connectivity index (χ3v) is 5.31. The van der Waals surface area contributed by atoms with E-state index < -0.39 is 11.6 Å². The Morgan fingerprint density at radius 1 is 1.19 bits per heavy atom. The van der Waals surface area contributed by atoms with Gasteiger partial charge in [-0.3, -0.25) is 4.90 Å². The van der Waals surface area contributed by atoms with E-state index in [0.29, 0.717) is 18.3 Å². The van der Waals surface area contributed by atoms with Crippen LogP contribution in [0, 0.1) is 29.9 Å². The number of likely N-dealkylation sites (tertiary alicyclic amines) is 1. The molecule has 1 saturated heterocycles. The SMILES string of the molecule is Cc1c(CNC2CCN(Cc3ccc(F)c(F)c3)CC2)cc(C#N)n1C. The summed E-state index contributed by atoms with van der Waals surface area (Å²) in [6.07, 6.45) is 2.03. The van der Waals surface area contributed by atoms with Gasteiger partial charge in [-0.15, -0.1) is 0 Å². The molecule has 0 atom stereocenters. The second kappa shape index (κ2) is 7.98. The van der Waals surface area contributed by atoms with Gasteiger partial charge in [0, 0.05) is 31.9 Å². The van der Waals surface area contributed by atoms with Crippen LogP contribution in [-0.2, 0) is 20.1 Å². The van der Waals surface area contributed by atoms with E-state index in [1.165, 1.54) is 12.1 Å². The number of benzene rings is 1. The van der Waals surface area contributed by atoms with Crippen LogP contribution in [0.2, 0.25) is 0 Å². The fourth-order valence-corrected chi connectivity index (χ4v) is 3.49. The minimum absolute atomic E-state index is 0.432. The van der Waals surface area contributed by atoms with Gasteiger partial charge in [-0.1, -0.05) is 6.07 Å². The molecule has 0 aliphatic carbocycles. The summed E-state index contributed by atoms with van der Waals surface area (Å²) in [7, 11) is 1.91. The summed E-state index contributed by atoms with van der Waals surface area (Å²) in [6, 6.07) is 8.71. The molecule has 2 aromatic rings. The monoisotopic (exact) mass is 358 g/mol. The van der Waals surface area contributed by atoms with Gasteiger partial charge in [0.15, 0.2) is 11.6 Å². The molecule has 0 bridgehead atoms. The van der Waals surface area contributed by atoms with Crippen LogP contribution in [-0.4, -0.2) is 28.6 Å². The first-order valence-corrected chi connectivity index (χ1v) is 8.93. The first kappa shape index (κ1) is 18.6. The summed E-state index contributed by atoms with van der Waals surface area (Å²) in [5, 5.41) is 12.7. The van der Waals surface area contributed by atoms with E-state index in [-0.39, 0.29) is 0 Å². The molecule has 3 rings (SSSR count). The highest BCUT2D eigenvalue weighted by atomic mass is 19.2. The maximum atomic E-state index is 13.3. The lowest BCUT2D eigenvalue weighted by molar-refractivity contribution is 0.190. The lowest BCUT2D eigenvalue weighted by atomic mass is 10.0. The Labute approximate surface area is 153 Å². The molecule has 0 radical (unpaired) electrons. The van der Waals surface area contributed by atoms with Crippen molar-refractivity contribution in [3.63, 3.8) is 0 Å². The molecule has 2 heterocycles. The molecule has 26 heavy (non-hydrogen) atoms. The Morgan fingerprint density at radius 2 is 1.92 bits per heavy atom. The number of piperidine rings is 1. The molecule has 1 aliphatic rings. The zero-order valence-electron chi connectivity index (χ0n) is 15.2. The van der Waals surface area contributed by atoms with Crippen molar-refractivity contribution in [2.75, 3.05) is 13.1 Å². The summed E-state index contributed by atoms with van der Waals surface area (Å²) in [4.78, 5) is 2.27. The summed E-state index contributed by atoms with van der Waals surface area (Å²) in [5.74, 6) is -1.58. The normalized spacial score (nSPS) is 16.0. The van der Waals surface area contributed by atoms with Crippen molar-refractivity contribution < 1.29 is 8.78 Å². The van der Waals surface area contributed by atoms with Crippen molar-refractivity contribution in [3.8, 4) is 6.07 Å². The first-order valence-electron chi connectivity index (χ1n) is 8.93. The summed E-state index contributed by atoms with van der Waals surface area (Å²) < 4.78 is 28.3. The van der Waals surface area contributed by atoms with Gasteiger partial charge in [0.1, 0.15) is 11.8 Å². The predicted molar refractivity (Wildman–Crippen MR) is 96.4 cm³/mol. The van der Waals surface area contributed by atoms with Crippen molar-refractivity contribution in [3.05, 3.63) is 58.4 Å². The second-order valence-electron chi connectivity index (χ2n) is 6.99. The zero-order chi connectivity index (χ0) is 18.7. The molecule has 1 fully saturated rings. The molecular formula is C20H24F2N4. The van der Waals surface area contributed by atoms with E-state index in [1.54, 1.807) is 6.07 Å². The van der Waals surface area contributed by atoms with Crippen LogP contribution in [0.1, 0.15) is 35.4 Å². The minimum Gasteiger partial charge on any atom is -0.340 e. The Balaban J connectivity index is 1.48. The summed E-state index contributed by atoms with van der Waals surface area (Å²) >= 11 is 0. The highest BCUT2D eigenvalue weighted by Crippen LogP contribution is 2.18. The van der Waals surface area contributed by atoms with E-state index >= 15 is 0 Å². The maximum absolute atomic E-state index is 13.3. The number of rotatable bonds is 5. The fourth-order valence-electron chi connectivity index (χ4n) is 3.49. The molecule has 138 valence electrons. The van der Waals surface area contributed by atoms with E-state index in [1.807, 2.05) is 24.6 Å². The van der Waals surface area contributed by atoms with E-state index in [0.717, 1.165) is 49.3 Å². The smallest absolute Gasteiger partial charge is 0.159 e. The fraction of sp³-hybridized carbons (Fsp3) is 0.450. The van der Waals surface area contributed by atoms with E-state index in [2.05, 4.69) is 16.3 Å². The summed E-state index contributed by atoms with van der Waals surface area (Å²) in [6.45, 7) is 5.28. The van der Waals surface area contributed by atoms with Gasteiger partial charge in [-0.05, 0) is 62.2 Å². The molecule has 1 N–H and O–H groups in total. The average Bonchev–Trinajstić information content (AvgIpc) is 2.92. The lowest BCUT2D eigenvalue weighted by Crippen LogP contribution is -2.41. The average molecular weight is 358 g/mol. The van der Waals surface area contributed by atoms with Crippen LogP contribution >= 0.6 is 0 Å². The molecule has 1 aliphatic heterocycles. The standard InChI is InChI=1S/C20H24F2N4/c1-14-16(10-18(11-23)25(14)2)12-24-17-5-7-26(8-6-17)13-15-3-4-19(21)20(22)9-15/h3-4,9-10,17,24H,5-8,12-13H2,1-2H3. The molecule has 0 unspecified atom stereocenters. The molecular weight excluding hydrogens is 334 g/mol. The Bertz CT molecular complexity index is 814. The van der Waals surface area contributed by atoms with Crippen molar-refractivity contribution >= 4 is 0 Å². The Kier molecular flexibility index (Phi) is 5.70. The number of halogens is 2. The first-order chi connectivity index (χ1) is 12.5. The molecule has 0 saturated carbocycles. The van der Waals surface area contributed by atoms with Crippen LogP contribution in [0.5, 0.6) is 0 Å². The van der Waals surface area contributed by atoms with Gasteiger partial charge >= 0.3 is 0 Å². The van der Waals surface area contributed by atoms with Crippen molar-refractivity contribution in [2.45, 2.75) is 38.9 Å². The molecule has 0 spiro atoms. The number of nitriles is 1. The van der Waals surface area contributed by atoms with Gasteiger partial charge in [-0.2, -0.15) is 5.26 Å². The van der Waals surface area contributed by atoms with Crippen molar-refractivity contribution in [1.29, 1.82) is 5.26 Å². The number of nitrogens with one attached hydrogen (secondary N) is 1. The topological polar surface area (TPSA) is 44.0 Å². The number of hydrogen-bond acceptors (Lipinski definition) is 3. The molecule has 4 nitrogen and oxygen atoms in total. The van der Waals surface area contributed by atoms with Crippen LogP contribution in [0.3, 0.4) is 0 Å². The van der Waals surface area contributed by atoms with Crippen molar-refractivity contribution in [2.24, 2.45) is 7.05 Å². The number of aromatic nitrogens is 1. The molecule has 1 aromatic heterocycles. The maximum Gasteiger partial charge on any atom is 0.159 e. The van der Waals surface area contributed by atoms with Gasteiger partial charge in [0.25, 0.3) is 0 Å². The molecule has 6 heteroatoms. The highest BCUT2D eigenvalue weighted by Gasteiger charge is 2.20. The van der Waals surface area contributed by atoms with Gasteiger partial charge in [0.05, 0.1) is 0 Å². The second-order valence-corrected chi connectivity index (χ2v) is 6.99. The van der Waals surface area contributed by atoms with Crippen molar-refractivity contribution in [1.82, 2.24) is 14.8 Å². The van der Waals surface area contributed by atoms with Crippen LogP contribution in [0.4, 0.5) is 8.78 Å². The quantitative estimate of drug-likeness (QED) is 0.892. The largest absolute Gasteiger partial charge is 0.340 e. The summed E-state index contributed by atoms with van der Waals surface area (Å²) in [5.41, 5.74) is 3.76. The highest BCUT2D eigenvalue weighted by molar-refractivity contribution is 5.34. The molecule has 0 amide bonds. The van der Waals surface area contributed by atoms with Gasteiger partial charge in [-0.25, -0.2) is 8.78 Å². The lowest BCUT2D eigenvalue weighted by Gasteiger charge is -2.32. The Morgan fingerprint density at radius 3 is 2.54 bits per heavy atom. The zero-order valence-corrected chi connectivity index (χ0v) is 15.2. The molecule has 1 aromatic carbocycles. The van der Waals surface area contributed by atoms with Crippen LogP contribution in [0.25, 0.3) is 0 Å².